The molecule has 0 aliphatic carbocycles. The quantitative estimate of drug-likeness (QED) is 0.694. The van der Waals surface area contributed by atoms with Crippen LogP contribution in [-0.2, 0) is 0 Å². The summed E-state index contributed by atoms with van der Waals surface area (Å²) in [5, 5.41) is 10.7. The first-order valence-electron chi connectivity index (χ1n) is 8.04. The van der Waals surface area contributed by atoms with Crippen LogP contribution < -0.4 is 9.80 Å². The van der Waals surface area contributed by atoms with Crippen molar-refractivity contribution in [3.8, 4) is 0 Å². The van der Waals surface area contributed by atoms with Crippen LogP contribution in [0.1, 0.15) is 18.5 Å². The number of benzene rings is 2. The van der Waals surface area contributed by atoms with E-state index < -0.39 is 0 Å². The summed E-state index contributed by atoms with van der Waals surface area (Å²) >= 11 is 0. The fourth-order valence-electron chi connectivity index (χ4n) is 3.25. The number of nitro groups is 1. The molecule has 0 spiro atoms. The second-order valence-corrected chi connectivity index (χ2v) is 6.05. The highest BCUT2D eigenvalue weighted by atomic mass is 16.6. The zero-order valence-corrected chi connectivity index (χ0v) is 13.3. The molecule has 120 valence electrons. The molecule has 0 saturated carbocycles. The molecule has 1 aliphatic rings. The fourth-order valence-corrected chi connectivity index (χ4v) is 3.25. The van der Waals surface area contributed by atoms with E-state index >= 15 is 0 Å². The Hall–Kier alpha value is -2.40. The Kier molecular flexibility index (Phi) is 4.57. The highest BCUT2D eigenvalue weighted by molar-refractivity contribution is 5.51. The van der Waals surface area contributed by atoms with E-state index in [1.165, 1.54) is 5.56 Å². The van der Waals surface area contributed by atoms with Gasteiger partial charge in [-0.1, -0.05) is 30.3 Å². The van der Waals surface area contributed by atoms with Gasteiger partial charge in [-0.25, -0.2) is 0 Å². The Morgan fingerprint density at radius 1 is 1.04 bits per heavy atom. The zero-order chi connectivity index (χ0) is 16.2. The summed E-state index contributed by atoms with van der Waals surface area (Å²) in [6.07, 6.45) is 0. The van der Waals surface area contributed by atoms with Crippen molar-refractivity contribution in [3.63, 3.8) is 0 Å². The Labute approximate surface area is 136 Å². The first-order chi connectivity index (χ1) is 11.1. The van der Waals surface area contributed by atoms with Gasteiger partial charge in [-0.05, 0) is 19.1 Å². The lowest BCUT2D eigenvalue weighted by molar-refractivity contribution is -0.930. The van der Waals surface area contributed by atoms with Gasteiger partial charge in [0.15, 0.2) is 0 Å². The van der Waals surface area contributed by atoms with Crippen LogP contribution in [0.5, 0.6) is 0 Å². The molecule has 2 aromatic carbocycles. The van der Waals surface area contributed by atoms with E-state index in [9.17, 15) is 10.1 Å². The molecule has 1 aliphatic heterocycles. The van der Waals surface area contributed by atoms with Crippen molar-refractivity contribution in [3.05, 3.63) is 70.3 Å². The van der Waals surface area contributed by atoms with E-state index in [0.29, 0.717) is 6.04 Å². The number of anilines is 1. The Balaban J connectivity index is 1.61. The summed E-state index contributed by atoms with van der Waals surface area (Å²) in [5.41, 5.74) is 2.60. The fraction of sp³-hybridized carbons (Fsp3) is 0.333. The maximum absolute atomic E-state index is 10.7. The number of piperazine rings is 1. The summed E-state index contributed by atoms with van der Waals surface area (Å²) in [5.74, 6) is 0. The molecular formula is C18H22N3O2+. The lowest BCUT2D eigenvalue weighted by atomic mass is 10.1. The van der Waals surface area contributed by atoms with Gasteiger partial charge in [-0.15, -0.1) is 0 Å². The smallest absolute Gasteiger partial charge is 0.269 e. The molecule has 5 heteroatoms. The molecule has 3 rings (SSSR count). The molecule has 2 aromatic rings. The molecule has 0 radical (unpaired) electrons. The molecular weight excluding hydrogens is 290 g/mol. The van der Waals surface area contributed by atoms with Crippen molar-refractivity contribution in [1.29, 1.82) is 0 Å². The third-order valence-electron chi connectivity index (χ3n) is 4.74. The summed E-state index contributed by atoms with van der Waals surface area (Å²) in [6, 6.07) is 18.0. The molecule has 0 bridgehead atoms. The Morgan fingerprint density at radius 2 is 1.65 bits per heavy atom. The van der Waals surface area contributed by atoms with Crippen molar-refractivity contribution < 1.29 is 9.82 Å². The molecule has 1 heterocycles. The van der Waals surface area contributed by atoms with Gasteiger partial charge < -0.3 is 9.80 Å². The molecule has 0 aromatic heterocycles. The highest BCUT2D eigenvalue weighted by Gasteiger charge is 2.25. The molecule has 5 nitrogen and oxygen atoms in total. The topological polar surface area (TPSA) is 50.8 Å². The van der Waals surface area contributed by atoms with Crippen LogP contribution in [0.4, 0.5) is 11.4 Å². The summed E-state index contributed by atoms with van der Waals surface area (Å²) in [4.78, 5) is 14.3. The van der Waals surface area contributed by atoms with Gasteiger partial charge in [-0.2, -0.15) is 0 Å². The Morgan fingerprint density at radius 3 is 2.22 bits per heavy atom. The largest absolute Gasteiger partial charge is 0.360 e. The normalized spacial score (nSPS) is 17.0. The van der Waals surface area contributed by atoms with E-state index in [1.807, 2.05) is 12.1 Å². The first-order valence-corrected chi connectivity index (χ1v) is 8.04. The van der Waals surface area contributed by atoms with Crippen LogP contribution in [0.2, 0.25) is 0 Å². The third-order valence-corrected chi connectivity index (χ3v) is 4.74. The molecule has 1 saturated heterocycles. The minimum absolute atomic E-state index is 0.149. The third kappa shape index (κ3) is 3.51. The van der Waals surface area contributed by atoms with Crippen molar-refractivity contribution in [2.75, 3.05) is 31.1 Å². The van der Waals surface area contributed by atoms with Crippen LogP contribution in [0.3, 0.4) is 0 Å². The summed E-state index contributed by atoms with van der Waals surface area (Å²) in [7, 11) is 0. The molecule has 1 atom stereocenters. The minimum Gasteiger partial charge on any atom is -0.360 e. The monoisotopic (exact) mass is 312 g/mol. The number of quaternary nitrogens is 1. The van der Waals surface area contributed by atoms with Crippen molar-refractivity contribution >= 4 is 11.4 Å². The number of rotatable bonds is 4. The second-order valence-electron chi connectivity index (χ2n) is 6.05. The molecule has 1 fully saturated rings. The van der Waals surface area contributed by atoms with Crippen LogP contribution in [-0.4, -0.2) is 31.1 Å². The SMILES string of the molecule is C[C@@H](c1ccccc1)[NH+]1CCN(c2ccc([N+](=O)[O-])cc2)CC1. The van der Waals surface area contributed by atoms with E-state index in [2.05, 4.69) is 42.2 Å². The number of hydrogen-bond acceptors (Lipinski definition) is 3. The van der Waals surface area contributed by atoms with Crippen molar-refractivity contribution in [1.82, 2.24) is 0 Å². The maximum atomic E-state index is 10.7. The van der Waals surface area contributed by atoms with Gasteiger partial charge >= 0.3 is 0 Å². The number of nitro benzene ring substituents is 1. The van der Waals surface area contributed by atoms with Gasteiger partial charge in [0, 0.05) is 23.4 Å². The van der Waals surface area contributed by atoms with Gasteiger partial charge in [0.25, 0.3) is 5.69 Å². The summed E-state index contributed by atoms with van der Waals surface area (Å²) in [6.45, 7) is 6.39. The minimum atomic E-state index is -0.354. The lowest BCUT2D eigenvalue weighted by Gasteiger charge is -2.36. The van der Waals surface area contributed by atoms with Crippen LogP contribution in [0.15, 0.2) is 54.6 Å². The van der Waals surface area contributed by atoms with E-state index in [4.69, 9.17) is 0 Å². The van der Waals surface area contributed by atoms with Crippen LogP contribution >= 0.6 is 0 Å². The maximum Gasteiger partial charge on any atom is 0.269 e. The van der Waals surface area contributed by atoms with Crippen LogP contribution in [0, 0.1) is 10.1 Å². The van der Waals surface area contributed by atoms with Gasteiger partial charge in [0.05, 0.1) is 31.1 Å². The summed E-state index contributed by atoms with van der Waals surface area (Å²) < 4.78 is 0. The van der Waals surface area contributed by atoms with E-state index in [-0.39, 0.29) is 10.6 Å². The van der Waals surface area contributed by atoms with Crippen LogP contribution in [0.25, 0.3) is 0 Å². The predicted octanol–water partition coefficient (Wildman–Crippen LogP) is 2.06. The van der Waals surface area contributed by atoms with E-state index in [1.54, 1.807) is 17.0 Å². The predicted molar refractivity (Wildman–Crippen MR) is 90.9 cm³/mol. The highest BCUT2D eigenvalue weighted by Crippen LogP contribution is 2.19. The molecule has 0 unspecified atom stereocenters. The zero-order valence-electron chi connectivity index (χ0n) is 13.3. The average molecular weight is 312 g/mol. The molecule has 0 amide bonds. The lowest BCUT2D eigenvalue weighted by Crippen LogP contribution is -3.14. The van der Waals surface area contributed by atoms with E-state index in [0.717, 1.165) is 31.9 Å². The molecule has 1 N–H and O–H groups in total. The standard InChI is InChI=1S/C18H21N3O2/c1-15(16-5-3-2-4-6-16)19-11-13-20(14-12-19)17-7-9-18(10-8-17)21(22)23/h2-10,15H,11-14H2,1H3/p+1/t15-/m0/s1. The second kappa shape index (κ2) is 6.79. The van der Waals surface area contributed by atoms with Crippen molar-refractivity contribution in [2.24, 2.45) is 0 Å². The van der Waals surface area contributed by atoms with Crippen molar-refractivity contribution in [2.45, 2.75) is 13.0 Å². The number of nitrogens with zero attached hydrogens (tertiary/aromatic N) is 2. The number of non-ortho nitro benzene ring substituents is 1. The molecule has 23 heavy (non-hydrogen) atoms. The van der Waals surface area contributed by atoms with Gasteiger partial charge in [-0.3, -0.25) is 10.1 Å². The number of nitrogens with one attached hydrogen (secondary N) is 1. The van der Waals surface area contributed by atoms with Gasteiger partial charge in [0.1, 0.15) is 6.04 Å². The average Bonchev–Trinajstić information content (AvgIpc) is 2.62. The van der Waals surface area contributed by atoms with Gasteiger partial charge in [0.2, 0.25) is 0 Å². The number of hydrogen-bond donors (Lipinski definition) is 1. The Bertz CT molecular complexity index is 650. The first kappa shape index (κ1) is 15.5.